The molecule has 1 aliphatic heterocycles. The van der Waals surface area contributed by atoms with Crippen LogP contribution in [0.5, 0.6) is 0 Å². The van der Waals surface area contributed by atoms with E-state index < -0.39 is 0 Å². The van der Waals surface area contributed by atoms with Gasteiger partial charge in [0.05, 0.1) is 6.10 Å². The zero-order valence-electron chi connectivity index (χ0n) is 8.50. The van der Waals surface area contributed by atoms with Gasteiger partial charge in [-0.25, -0.2) is 0 Å². The van der Waals surface area contributed by atoms with Gasteiger partial charge in [-0.15, -0.1) is 0 Å². The van der Waals surface area contributed by atoms with Crippen LogP contribution < -0.4 is 5.73 Å². The fourth-order valence-electron chi connectivity index (χ4n) is 1.75. The monoisotopic (exact) mass is 187 g/mol. The number of hydrogen-bond donors (Lipinski definition) is 1. The van der Waals surface area contributed by atoms with Crippen LogP contribution in [0.3, 0.4) is 0 Å². The Hall–Kier alpha value is -0.120. The van der Waals surface area contributed by atoms with E-state index in [-0.39, 0.29) is 6.04 Å². The van der Waals surface area contributed by atoms with Gasteiger partial charge in [-0.1, -0.05) is 0 Å². The van der Waals surface area contributed by atoms with Crippen LogP contribution in [-0.2, 0) is 9.47 Å². The van der Waals surface area contributed by atoms with Crippen LogP contribution in [0.2, 0.25) is 0 Å². The van der Waals surface area contributed by atoms with Crippen molar-refractivity contribution < 1.29 is 9.47 Å². The second kappa shape index (κ2) is 6.35. The Morgan fingerprint density at radius 3 is 3.00 bits per heavy atom. The van der Waals surface area contributed by atoms with Gasteiger partial charge in [-0.05, 0) is 32.1 Å². The van der Waals surface area contributed by atoms with E-state index >= 15 is 0 Å². The minimum Gasteiger partial charge on any atom is -0.385 e. The first-order valence-corrected chi connectivity index (χ1v) is 5.20. The molecule has 2 atom stereocenters. The molecule has 0 aromatic rings. The van der Waals surface area contributed by atoms with E-state index in [4.69, 9.17) is 15.2 Å². The normalized spacial score (nSPS) is 25.8. The van der Waals surface area contributed by atoms with Gasteiger partial charge in [0.1, 0.15) is 0 Å². The highest BCUT2D eigenvalue weighted by Gasteiger charge is 2.20. The lowest BCUT2D eigenvalue weighted by Gasteiger charge is -2.27. The summed E-state index contributed by atoms with van der Waals surface area (Å²) in [6.45, 7) is 1.70. The summed E-state index contributed by atoms with van der Waals surface area (Å²) in [7, 11) is 1.72. The lowest BCUT2D eigenvalue weighted by atomic mass is 9.99. The SMILES string of the molecule is COCCCC(N)C1CCCCO1. The van der Waals surface area contributed by atoms with E-state index in [0.29, 0.717) is 6.10 Å². The number of rotatable bonds is 5. The summed E-state index contributed by atoms with van der Waals surface area (Å²) >= 11 is 0. The third kappa shape index (κ3) is 4.07. The molecule has 1 saturated heterocycles. The standard InChI is InChI=1S/C10H21NO2/c1-12-7-4-5-9(11)10-6-2-3-8-13-10/h9-10H,2-8,11H2,1H3. The molecule has 0 aromatic carbocycles. The Morgan fingerprint density at radius 1 is 1.54 bits per heavy atom. The topological polar surface area (TPSA) is 44.5 Å². The molecular formula is C10H21NO2. The highest BCUT2D eigenvalue weighted by atomic mass is 16.5. The van der Waals surface area contributed by atoms with Crippen LogP contribution >= 0.6 is 0 Å². The molecule has 2 N–H and O–H groups in total. The second-order valence-electron chi connectivity index (χ2n) is 3.70. The average Bonchev–Trinajstić information content (AvgIpc) is 2.19. The molecule has 2 unspecified atom stereocenters. The van der Waals surface area contributed by atoms with Crippen LogP contribution in [0, 0.1) is 0 Å². The summed E-state index contributed by atoms with van der Waals surface area (Å²) in [6.07, 6.45) is 5.94. The van der Waals surface area contributed by atoms with Crippen LogP contribution in [0.15, 0.2) is 0 Å². The molecule has 0 aromatic heterocycles. The number of hydrogen-bond acceptors (Lipinski definition) is 3. The van der Waals surface area contributed by atoms with Crippen molar-refractivity contribution in [2.75, 3.05) is 20.3 Å². The van der Waals surface area contributed by atoms with Gasteiger partial charge < -0.3 is 15.2 Å². The van der Waals surface area contributed by atoms with Crippen molar-refractivity contribution in [2.45, 2.75) is 44.2 Å². The molecule has 0 bridgehead atoms. The predicted molar refractivity (Wildman–Crippen MR) is 52.7 cm³/mol. The van der Waals surface area contributed by atoms with Crippen LogP contribution in [-0.4, -0.2) is 32.5 Å². The maximum atomic E-state index is 6.01. The molecule has 3 heteroatoms. The largest absolute Gasteiger partial charge is 0.385 e. The molecule has 1 rings (SSSR count). The minimum atomic E-state index is 0.204. The molecule has 1 heterocycles. The second-order valence-corrected chi connectivity index (χ2v) is 3.70. The highest BCUT2D eigenvalue weighted by Crippen LogP contribution is 2.17. The Kier molecular flexibility index (Phi) is 5.35. The Labute approximate surface area is 80.6 Å². The zero-order valence-corrected chi connectivity index (χ0v) is 8.50. The smallest absolute Gasteiger partial charge is 0.0725 e. The fourth-order valence-corrected chi connectivity index (χ4v) is 1.75. The van der Waals surface area contributed by atoms with Crippen molar-refractivity contribution >= 4 is 0 Å². The molecule has 1 aliphatic rings. The summed E-state index contributed by atoms with van der Waals surface area (Å²) in [5.41, 5.74) is 6.01. The van der Waals surface area contributed by atoms with Crippen LogP contribution in [0.1, 0.15) is 32.1 Å². The predicted octanol–water partition coefficient (Wildman–Crippen LogP) is 1.31. The molecule has 0 saturated carbocycles. The summed E-state index contributed by atoms with van der Waals surface area (Å²) in [5.74, 6) is 0. The van der Waals surface area contributed by atoms with Crippen molar-refractivity contribution in [1.82, 2.24) is 0 Å². The van der Waals surface area contributed by atoms with Gasteiger partial charge in [0, 0.05) is 26.4 Å². The van der Waals surface area contributed by atoms with E-state index in [1.807, 2.05) is 0 Å². The quantitative estimate of drug-likeness (QED) is 0.660. The van der Waals surface area contributed by atoms with Crippen molar-refractivity contribution in [3.8, 4) is 0 Å². The summed E-state index contributed by atoms with van der Waals surface area (Å²) in [5, 5.41) is 0. The summed E-state index contributed by atoms with van der Waals surface area (Å²) < 4.78 is 10.6. The maximum absolute atomic E-state index is 6.01. The van der Waals surface area contributed by atoms with E-state index in [0.717, 1.165) is 32.5 Å². The van der Waals surface area contributed by atoms with Crippen LogP contribution in [0.25, 0.3) is 0 Å². The van der Waals surface area contributed by atoms with Crippen LogP contribution in [0.4, 0.5) is 0 Å². The molecule has 13 heavy (non-hydrogen) atoms. The van der Waals surface area contributed by atoms with Gasteiger partial charge >= 0.3 is 0 Å². The van der Waals surface area contributed by atoms with Gasteiger partial charge in [-0.2, -0.15) is 0 Å². The lowest BCUT2D eigenvalue weighted by Crippen LogP contribution is -2.39. The Morgan fingerprint density at radius 2 is 2.38 bits per heavy atom. The Balaban J connectivity index is 2.09. The van der Waals surface area contributed by atoms with E-state index in [2.05, 4.69) is 0 Å². The number of nitrogens with two attached hydrogens (primary N) is 1. The summed E-state index contributed by atoms with van der Waals surface area (Å²) in [6, 6.07) is 0.204. The van der Waals surface area contributed by atoms with Gasteiger partial charge in [0.2, 0.25) is 0 Å². The van der Waals surface area contributed by atoms with Gasteiger partial charge in [-0.3, -0.25) is 0 Å². The first-order chi connectivity index (χ1) is 6.34. The average molecular weight is 187 g/mol. The van der Waals surface area contributed by atoms with Crippen molar-refractivity contribution in [2.24, 2.45) is 5.73 Å². The third-order valence-corrected chi connectivity index (χ3v) is 2.58. The van der Waals surface area contributed by atoms with Crippen molar-refractivity contribution in [3.05, 3.63) is 0 Å². The highest BCUT2D eigenvalue weighted by molar-refractivity contribution is 4.75. The van der Waals surface area contributed by atoms with Crippen molar-refractivity contribution in [3.63, 3.8) is 0 Å². The third-order valence-electron chi connectivity index (χ3n) is 2.58. The summed E-state index contributed by atoms with van der Waals surface area (Å²) in [4.78, 5) is 0. The minimum absolute atomic E-state index is 0.204. The lowest BCUT2D eigenvalue weighted by molar-refractivity contribution is -0.00239. The molecular weight excluding hydrogens is 166 g/mol. The number of methoxy groups -OCH3 is 1. The first kappa shape index (κ1) is 11.0. The zero-order chi connectivity index (χ0) is 9.52. The van der Waals surface area contributed by atoms with Crippen molar-refractivity contribution in [1.29, 1.82) is 0 Å². The fraction of sp³-hybridized carbons (Fsp3) is 1.00. The van der Waals surface area contributed by atoms with Gasteiger partial charge in [0.25, 0.3) is 0 Å². The molecule has 0 aliphatic carbocycles. The van der Waals surface area contributed by atoms with E-state index in [9.17, 15) is 0 Å². The maximum Gasteiger partial charge on any atom is 0.0725 e. The number of ether oxygens (including phenoxy) is 2. The molecule has 0 amide bonds. The van der Waals surface area contributed by atoms with E-state index in [1.165, 1.54) is 12.8 Å². The van der Waals surface area contributed by atoms with Gasteiger partial charge in [0.15, 0.2) is 0 Å². The molecule has 3 nitrogen and oxygen atoms in total. The molecule has 1 fully saturated rings. The first-order valence-electron chi connectivity index (χ1n) is 5.20. The molecule has 0 spiro atoms. The van der Waals surface area contributed by atoms with E-state index in [1.54, 1.807) is 7.11 Å². The molecule has 78 valence electrons. The Bertz CT molecular complexity index is 124. The molecule has 0 radical (unpaired) electrons.